The first-order chi connectivity index (χ1) is 16.2. The number of rotatable bonds is 8. The van der Waals surface area contributed by atoms with Gasteiger partial charge in [-0.1, -0.05) is 30.3 Å². The number of hydrogen-bond acceptors (Lipinski definition) is 5. The summed E-state index contributed by atoms with van der Waals surface area (Å²) in [6.45, 7) is 5.46. The van der Waals surface area contributed by atoms with Crippen molar-refractivity contribution in [2.24, 2.45) is 0 Å². The van der Waals surface area contributed by atoms with Gasteiger partial charge in [-0.25, -0.2) is 9.48 Å². The third-order valence-corrected chi connectivity index (χ3v) is 5.84. The van der Waals surface area contributed by atoms with Crippen LogP contribution >= 0.6 is 0 Å². The van der Waals surface area contributed by atoms with Gasteiger partial charge in [0, 0.05) is 31.3 Å². The molecule has 1 aliphatic rings. The van der Waals surface area contributed by atoms with Crippen molar-refractivity contribution in [3.05, 3.63) is 66.4 Å². The van der Waals surface area contributed by atoms with Crippen LogP contribution in [-0.4, -0.2) is 47.5 Å². The lowest BCUT2D eigenvalue weighted by molar-refractivity contribution is 0.172. The summed E-state index contributed by atoms with van der Waals surface area (Å²) in [7, 11) is 1.58. The molecule has 1 aromatic heterocycles. The molecule has 0 aliphatic carbocycles. The van der Waals surface area contributed by atoms with Crippen LogP contribution < -0.4 is 20.1 Å². The Hall–Kier alpha value is -3.52. The van der Waals surface area contributed by atoms with E-state index < -0.39 is 0 Å². The van der Waals surface area contributed by atoms with E-state index in [2.05, 4.69) is 32.8 Å². The van der Waals surface area contributed by atoms with E-state index >= 15 is 0 Å². The Morgan fingerprint density at radius 1 is 1.03 bits per heavy atom. The van der Waals surface area contributed by atoms with Gasteiger partial charge in [-0.15, -0.1) is 0 Å². The molecule has 3 aromatic rings. The van der Waals surface area contributed by atoms with E-state index in [1.54, 1.807) is 25.4 Å². The van der Waals surface area contributed by atoms with Gasteiger partial charge in [0.25, 0.3) is 0 Å². The van der Waals surface area contributed by atoms with Gasteiger partial charge in [0.2, 0.25) is 0 Å². The summed E-state index contributed by atoms with van der Waals surface area (Å²) in [4.78, 5) is 15.0. The SMILES string of the molecule is CCOc1ccccc1CN1CCC(n2nccc2NC(=O)Nc2ccccc2OC)CC1. The zero-order valence-electron chi connectivity index (χ0n) is 19.2. The molecular weight excluding hydrogens is 418 g/mol. The van der Waals surface area contributed by atoms with Gasteiger partial charge in [-0.3, -0.25) is 10.2 Å². The molecule has 33 heavy (non-hydrogen) atoms. The van der Waals surface area contributed by atoms with Gasteiger partial charge in [-0.2, -0.15) is 5.10 Å². The topological polar surface area (TPSA) is 80.7 Å². The fraction of sp³-hybridized carbons (Fsp3) is 0.360. The van der Waals surface area contributed by atoms with Crippen LogP contribution in [0.1, 0.15) is 31.4 Å². The summed E-state index contributed by atoms with van der Waals surface area (Å²) in [6, 6.07) is 17.3. The lowest BCUT2D eigenvalue weighted by Crippen LogP contribution is -2.35. The highest BCUT2D eigenvalue weighted by atomic mass is 16.5. The van der Waals surface area contributed by atoms with Crippen LogP contribution in [0.25, 0.3) is 0 Å². The predicted molar refractivity (Wildman–Crippen MR) is 129 cm³/mol. The van der Waals surface area contributed by atoms with E-state index in [0.29, 0.717) is 23.9 Å². The van der Waals surface area contributed by atoms with E-state index in [0.717, 1.165) is 38.2 Å². The first-order valence-corrected chi connectivity index (χ1v) is 11.4. The number of carbonyl (C=O) groups excluding carboxylic acids is 1. The molecule has 2 amide bonds. The van der Waals surface area contributed by atoms with Crippen molar-refractivity contribution in [3.63, 3.8) is 0 Å². The third kappa shape index (κ3) is 5.64. The minimum atomic E-state index is -0.328. The second kappa shape index (κ2) is 10.9. The lowest BCUT2D eigenvalue weighted by atomic mass is 10.0. The average Bonchev–Trinajstić information content (AvgIpc) is 3.29. The Balaban J connectivity index is 1.34. The molecule has 0 atom stereocenters. The fourth-order valence-corrected chi connectivity index (χ4v) is 4.22. The Morgan fingerprint density at radius 2 is 1.76 bits per heavy atom. The van der Waals surface area contributed by atoms with E-state index in [4.69, 9.17) is 9.47 Å². The minimum absolute atomic E-state index is 0.236. The van der Waals surface area contributed by atoms with E-state index in [9.17, 15) is 4.79 Å². The van der Waals surface area contributed by atoms with Gasteiger partial charge >= 0.3 is 6.03 Å². The smallest absolute Gasteiger partial charge is 0.324 e. The number of aromatic nitrogens is 2. The molecule has 1 fully saturated rings. The molecule has 1 aliphatic heterocycles. The zero-order valence-corrected chi connectivity index (χ0v) is 19.2. The summed E-state index contributed by atoms with van der Waals surface area (Å²) in [5.41, 5.74) is 1.83. The summed E-state index contributed by atoms with van der Waals surface area (Å²) in [6.07, 6.45) is 3.64. The highest BCUT2D eigenvalue weighted by Crippen LogP contribution is 2.28. The molecule has 174 valence electrons. The van der Waals surface area contributed by atoms with Crippen LogP contribution in [-0.2, 0) is 6.54 Å². The number of likely N-dealkylation sites (tertiary alicyclic amines) is 1. The second-order valence-electron chi connectivity index (χ2n) is 7.99. The monoisotopic (exact) mass is 449 g/mol. The predicted octanol–water partition coefficient (Wildman–Crippen LogP) is 4.77. The highest BCUT2D eigenvalue weighted by molar-refractivity contribution is 6.00. The minimum Gasteiger partial charge on any atom is -0.495 e. The molecule has 4 rings (SSSR count). The number of amides is 2. The van der Waals surface area contributed by atoms with E-state index in [1.807, 2.05) is 41.9 Å². The zero-order chi connectivity index (χ0) is 23.0. The molecule has 2 N–H and O–H groups in total. The number of piperidine rings is 1. The Labute approximate surface area is 194 Å². The number of nitrogens with zero attached hydrogens (tertiary/aromatic N) is 3. The second-order valence-corrected chi connectivity index (χ2v) is 7.99. The van der Waals surface area contributed by atoms with Crippen molar-refractivity contribution in [3.8, 4) is 11.5 Å². The normalized spacial score (nSPS) is 14.6. The molecule has 8 nitrogen and oxygen atoms in total. The van der Waals surface area contributed by atoms with Crippen molar-refractivity contribution < 1.29 is 14.3 Å². The van der Waals surface area contributed by atoms with E-state index in [-0.39, 0.29) is 12.1 Å². The fourth-order valence-electron chi connectivity index (χ4n) is 4.22. The molecule has 8 heteroatoms. The summed E-state index contributed by atoms with van der Waals surface area (Å²) < 4.78 is 13.0. The van der Waals surface area contributed by atoms with Crippen molar-refractivity contribution in [1.82, 2.24) is 14.7 Å². The molecule has 0 unspecified atom stereocenters. The van der Waals surface area contributed by atoms with Gasteiger partial charge in [0.15, 0.2) is 0 Å². The third-order valence-electron chi connectivity index (χ3n) is 5.84. The maximum Gasteiger partial charge on any atom is 0.324 e. The Bertz CT molecular complexity index is 1060. The molecule has 0 spiro atoms. The van der Waals surface area contributed by atoms with Crippen molar-refractivity contribution in [2.75, 3.05) is 37.4 Å². The quantitative estimate of drug-likeness (QED) is 0.518. The average molecular weight is 450 g/mol. The summed E-state index contributed by atoms with van der Waals surface area (Å²) >= 11 is 0. The first kappa shape index (κ1) is 22.7. The molecule has 0 radical (unpaired) electrons. The number of carbonyl (C=O) groups is 1. The number of ether oxygens (including phenoxy) is 2. The molecule has 1 saturated heterocycles. The van der Waals surface area contributed by atoms with Gasteiger partial charge < -0.3 is 14.8 Å². The highest BCUT2D eigenvalue weighted by Gasteiger charge is 2.24. The van der Waals surface area contributed by atoms with Crippen LogP contribution in [0.4, 0.5) is 16.3 Å². The maximum atomic E-state index is 12.6. The standard InChI is InChI=1S/C25H31N5O3/c1-3-33-22-10-6-4-8-19(22)18-29-16-13-20(14-17-29)30-24(12-15-26-30)28-25(31)27-21-9-5-7-11-23(21)32-2/h4-12,15,20H,3,13-14,16-18H2,1-2H3,(H2,27,28,31). The number of para-hydroxylation sites is 3. The van der Waals surface area contributed by atoms with Gasteiger partial charge in [-0.05, 0) is 38.0 Å². The van der Waals surface area contributed by atoms with Crippen LogP contribution in [0.15, 0.2) is 60.8 Å². The van der Waals surface area contributed by atoms with Crippen molar-refractivity contribution >= 4 is 17.5 Å². The largest absolute Gasteiger partial charge is 0.495 e. The molecule has 2 aromatic carbocycles. The van der Waals surface area contributed by atoms with Crippen LogP contribution in [0.2, 0.25) is 0 Å². The van der Waals surface area contributed by atoms with Gasteiger partial charge in [0.1, 0.15) is 17.3 Å². The number of anilines is 2. The van der Waals surface area contributed by atoms with E-state index in [1.165, 1.54) is 5.56 Å². The lowest BCUT2D eigenvalue weighted by Gasteiger charge is -2.33. The first-order valence-electron chi connectivity index (χ1n) is 11.4. The number of benzene rings is 2. The maximum absolute atomic E-state index is 12.6. The van der Waals surface area contributed by atoms with Crippen molar-refractivity contribution in [1.29, 1.82) is 0 Å². The number of nitrogens with one attached hydrogen (secondary N) is 2. The Kier molecular flexibility index (Phi) is 7.47. The molecular formula is C25H31N5O3. The Morgan fingerprint density at radius 3 is 2.52 bits per heavy atom. The molecule has 0 saturated carbocycles. The number of hydrogen-bond donors (Lipinski definition) is 2. The molecule has 0 bridgehead atoms. The summed E-state index contributed by atoms with van der Waals surface area (Å²) in [5, 5.41) is 10.3. The number of methoxy groups -OCH3 is 1. The van der Waals surface area contributed by atoms with Crippen molar-refractivity contribution in [2.45, 2.75) is 32.4 Å². The van der Waals surface area contributed by atoms with Gasteiger partial charge in [0.05, 0.1) is 31.6 Å². The van der Waals surface area contributed by atoms with Crippen LogP contribution in [0.3, 0.4) is 0 Å². The summed E-state index contributed by atoms with van der Waals surface area (Å²) in [5.74, 6) is 2.25. The van der Waals surface area contributed by atoms with Crippen LogP contribution in [0.5, 0.6) is 11.5 Å². The molecule has 2 heterocycles. The number of urea groups is 1. The van der Waals surface area contributed by atoms with Crippen LogP contribution in [0, 0.1) is 0 Å².